The maximum absolute atomic E-state index is 5.97. The minimum Gasteiger partial charge on any atom is -0.398 e. The number of nitrogen functional groups attached to an aromatic ring is 1. The maximum atomic E-state index is 5.97. The van der Waals surface area contributed by atoms with Crippen molar-refractivity contribution < 1.29 is 0 Å². The molecule has 2 saturated heterocycles. The molecule has 1 unspecified atom stereocenters. The largest absolute Gasteiger partial charge is 0.398 e. The Bertz CT molecular complexity index is 457. The Kier molecular flexibility index (Phi) is 4.64. The first kappa shape index (κ1) is 14.4. The van der Waals surface area contributed by atoms with E-state index in [0.717, 1.165) is 22.7 Å². The van der Waals surface area contributed by atoms with Gasteiger partial charge < -0.3 is 5.73 Å². The number of anilines is 1. The zero-order valence-corrected chi connectivity index (χ0v) is 13.6. The molecule has 0 radical (unpaired) electrons. The molecule has 3 rings (SSSR count). The zero-order valence-electron chi connectivity index (χ0n) is 12.0. The summed E-state index contributed by atoms with van der Waals surface area (Å²) in [7, 11) is 0. The molecule has 110 valence electrons. The predicted octanol–water partition coefficient (Wildman–Crippen LogP) is 3.09. The highest BCUT2D eigenvalue weighted by Crippen LogP contribution is 2.24. The number of benzene rings is 1. The van der Waals surface area contributed by atoms with Gasteiger partial charge in [0.15, 0.2) is 0 Å². The molecule has 1 aromatic rings. The molecule has 0 spiro atoms. The fourth-order valence-electron chi connectivity index (χ4n) is 3.49. The molecular formula is C16H24BrN3. The van der Waals surface area contributed by atoms with Gasteiger partial charge in [0, 0.05) is 35.8 Å². The summed E-state index contributed by atoms with van der Waals surface area (Å²) in [5.41, 5.74) is 8.13. The second-order valence-electron chi connectivity index (χ2n) is 6.13. The van der Waals surface area contributed by atoms with Crippen LogP contribution in [0.5, 0.6) is 0 Å². The Hall–Kier alpha value is -0.580. The number of piperidine rings is 1. The Labute approximate surface area is 130 Å². The molecule has 20 heavy (non-hydrogen) atoms. The van der Waals surface area contributed by atoms with Crippen molar-refractivity contribution in [2.75, 3.05) is 31.9 Å². The van der Waals surface area contributed by atoms with Gasteiger partial charge in [0.1, 0.15) is 0 Å². The number of likely N-dealkylation sites (tertiary alicyclic amines) is 2. The first-order valence-electron chi connectivity index (χ1n) is 7.73. The third-order valence-corrected chi connectivity index (χ3v) is 5.34. The number of hydrogen-bond acceptors (Lipinski definition) is 3. The molecule has 0 saturated carbocycles. The molecular weight excluding hydrogens is 314 g/mol. The predicted molar refractivity (Wildman–Crippen MR) is 87.7 cm³/mol. The third-order valence-electron chi connectivity index (χ3n) is 4.62. The van der Waals surface area contributed by atoms with Crippen LogP contribution < -0.4 is 5.73 Å². The highest BCUT2D eigenvalue weighted by molar-refractivity contribution is 9.10. The Morgan fingerprint density at radius 2 is 1.95 bits per heavy atom. The molecule has 0 amide bonds. The van der Waals surface area contributed by atoms with E-state index in [-0.39, 0.29) is 0 Å². The van der Waals surface area contributed by atoms with Crippen molar-refractivity contribution in [2.45, 2.75) is 38.3 Å². The molecule has 0 bridgehead atoms. The fourth-order valence-corrected chi connectivity index (χ4v) is 3.73. The van der Waals surface area contributed by atoms with Crippen molar-refractivity contribution in [2.24, 2.45) is 0 Å². The summed E-state index contributed by atoms with van der Waals surface area (Å²) in [4.78, 5) is 5.28. The average molecular weight is 338 g/mol. The van der Waals surface area contributed by atoms with Gasteiger partial charge in [-0.15, -0.1) is 0 Å². The van der Waals surface area contributed by atoms with E-state index in [1.54, 1.807) is 0 Å². The quantitative estimate of drug-likeness (QED) is 0.860. The van der Waals surface area contributed by atoms with Gasteiger partial charge in [-0.05, 0) is 66.0 Å². The first-order chi connectivity index (χ1) is 9.72. The summed E-state index contributed by atoms with van der Waals surface area (Å²) in [6.07, 6.45) is 5.52. The molecule has 0 aliphatic carbocycles. The van der Waals surface area contributed by atoms with Crippen LogP contribution in [0.4, 0.5) is 5.69 Å². The highest BCUT2D eigenvalue weighted by atomic mass is 79.9. The van der Waals surface area contributed by atoms with Crippen LogP contribution in [0.2, 0.25) is 0 Å². The lowest BCUT2D eigenvalue weighted by molar-refractivity contribution is 0.161. The van der Waals surface area contributed by atoms with E-state index in [1.807, 2.05) is 0 Å². The lowest BCUT2D eigenvalue weighted by atomic mass is 10.1. The molecule has 2 fully saturated rings. The molecule has 1 atom stereocenters. The maximum Gasteiger partial charge on any atom is 0.0461 e. The Morgan fingerprint density at radius 3 is 2.70 bits per heavy atom. The van der Waals surface area contributed by atoms with E-state index in [4.69, 9.17) is 5.73 Å². The van der Waals surface area contributed by atoms with Crippen LogP contribution in [-0.2, 0) is 6.54 Å². The minimum absolute atomic E-state index is 0.781. The second kappa shape index (κ2) is 6.46. The summed E-state index contributed by atoms with van der Waals surface area (Å²) < 4.78 is 0.994. The number of nitrogens with two attached hydrogens (primary N) is 1. The molecule has 0 aromatic heterocycles. The van der Waals surface area contributed by atoms with Crippen LogP contribution in [0, 0.1) is 0 Å². The zero-order chi connectivity index (χ0) is 13.9. The minimum atomic E-state index is 0.781. The summed E-state index contributed by atoms with van der Waals surface area (Å²) in [5.74, 6) is 0. The number of rotatable bonds is 3. The van der Waals surface area contributed by atoms with Gasteiger partial charge in [-0.2, -0.15) is 0 Å². The van der Waals surface area contributed by atoms with Crippen molar-refractivity contribution in [1.82, 2.24) is 9.80 Å². The third kappa shape index (κ3) is 3.35. The molecule has 4 heteroatoms. The van der Waals surface area contributed by atoms with Gasteiger partial charge in [0.2, 0.25) is 0 Å². The van der Waals surface area contributed by atoms with Crippen LogP contribution in [0.1, 0.15) is 31.2 Å². The van der Waals surface area contributed by atoms with Crippen LogP contribution >= 0.6 is 15.9 Å². The molecule has 3 nitrogen and oxygen atoms in total. The average Bonchev–Trinajstić information content (AvgIpc) is 2.92. The summed E-state index contributed by atoms with van der Waals surface area (Å²) in [6, 6.07) is 7.11. The van der Waals surface area contributed by atoms with E-state index in [0.29, 0.717) is 0 Å². The van der Waals surface area contributed by atoms with Gasteiger partial charge in [-0.25, -0.2) is 0 Å². The molecule has 1 aromatic carbocycles. The van der Waals surface area contributed by atoms with Gasteiger partial charge in [0.05, 0.1) is 0 Å². The van der Waals surface area contributed by atoms with Gasteiger partial charge in [0.25, 0.3) is 0 Å². The molecule has 2 aliphatic rings. The normalized spacial score (nSPS) is 25.1. The lowest BCUT2D eigenvalue weighted by Crippen LogP contribution is -2.40. The van der Waals surface area contributed by atoms with E-state index in [2.05, 4.69) is 43.9 Å². The Morgan fingerprint density at radius 1 is 1.15 bits per heavy atom. The number of halogens is 1. The van der Waals surface area contributed by atoms with Crippen LogP contribution in [0.3, 0.4) is 0 Å². The van der Waals surface area contributed by atoms with Gasteiger partial charge in [-0.3, -0.25) is 9.80 Å². The van der Waals surface area contributed by atoms with E-state index in [1.165, 1.54) is 57.4 Å². The van der Waals surface area contributed by atoms with E-state index in [9.17, 15) is 0 Å². The van der Waals surface area contributed by atoms with E-state index < -0.39 is 0 Å². The second-order valence-corrected chi connectivity index (χ2v) is 6.98. The monoisotopic (exact) mass is 337 g/mol. The summed E-state index contributed by atoms with van der Waals surface area (Å²) >= 11 is 3.46. The molecule has 2 heterocycles. The lowest BCUT2D eigenvalue weighted by Gasteiger charge is -2.32. The smallest absolute Gasteiger partial charge is 0.0461 e. The van der Waals surface area contributed by atoms with Gasteiger partial charge >= 0.3 is 0 Å². The van der Waals surface area contributed by atoms with Crippen molar-refractivity contribution in [3.05, 3.63) is 28.2 Å². The number of hydrogen-bond donors (Lipinski definition) is 1. The highest BCUT2D eigenvalue weighted by Gasteiger charge is 2.28. The number of nitrogens with zero attached hydrogens (tertiary/aromatic N) is 2. The first-order valence-corrected chi connectivity index (χ1v) is 8.52. The standard InChI is InChI=1S/C16H24BrN3/c17-15-5-4-13(10-16(15)18)11-19-9-6-14(12-19)20-7-2-1-3-8-20/h4-5,10,14H,1-3,6-9,11-12,18H2. The van der Waals surface area contributed by atoms with Gasteiger partial charge in [-0.1, -0.05) is 12.5 Å². The topological polar surface area (TPSA) is 32.5 Å². The van der Waals surface area contributed by atoms with Crippen molar-refractivity contribution in [1.29, 1.82) is 0 Å². The van der Waals surface area contributed by atoms with Crippen molar-refractivity contribution in [3.8, 4) is 0 Å². The van der Waals surface area contributed by atoms with Crippen molar-refractivity contribution in [3.63, 3.8) is 0 Å². The SMILES string of the molecule is Nc1cc(CN2CCC(N3CCCCC3)C2)ccc1Br. The summed E-state index contributed by atoms with van der Waals surface area (Å²) in [5, 5.41) is 0. The summed E-state index contributed by atoms with van der Waals surface area (Å²) in [6.45, 7) is 6.09. The Balaban J connectivity index is 1.55. The van der Waals surface area contributed by atoms with Crippen LogP contribution in [0.15, 0.2) is 22.7 Å². The van der Waals surface area contributed by atoms with E-state index >= 15 is 0 Å². The van der Waals surface area contributed by atoms with Crippen molar-refractivity contribution >= 4 is 21.6 Å². The van der Waals surface area contributed by atoms with Crippen LogP contribution in [-0.4, -0.2) is 42.0 Å². The molecule has 2 N–H and O–H groups in total. The van der Waals surface area contributed by atoms with Crippen LogP contribution in [0.25, 0.3) is 0 Å². The fraction of sp³-hybridized carbons (Fsp3) is 0.625. The molecule has 2 aliphatic heterocycles.